The number of hydrogen-bond acceptors (Lipinski definition) is 2. The molecule has 0 amide bonds. The minimum atomic E-state index is 0.665. The Balaban J connectivity index is 2.22. The van der Waals surface area contributed by atoms with Crippen LogP contribution in [0.3, 0.4) is 0 Å². The van der Waals surface area contributed by atoms with Crippen LogP contribution in [0.2, 0.25) is 0 Å². The molecule has 0 bridgehead atoms. The van der Waals surface area contributed by atoms with E-state index in [0.717, 1.165) is 11.8 Å². The number of aryl methyl sites for hydroxylation is 1. The summed E-state index contributed by atoms with van der Waals surface area (Å²) in [5.74, 6) is 1.57. The first-order chi connectivity index (χ1) is 8.31. The van der Waals surface area contributed by atoms with Gasteiger partial charge in [-0.3, -0.25) is 0 Å². The molecule has 96 valence electrons. The Labute approximate surface area is 110 Å². The molecular formula is C15H25NS. The third kappa shape index (κ3) is 2.58. The Morgan fingerprint density at radius 1 is 1.41 bits per heavy atom. The largest absolute Gasteiger partial charge is 0.316 e. The molecule has 0 spiro atoms. The summed E-state index contributed by atoms with van der Waals surface area (Å²) >= 11 is 1.96. The monoisotopic (exact) mass is 251 g/mol. The number of thiophene rings is 1. The lowest BCUT2D eigenvalue weighted by Crippen LogP contribution is -2.39. The summed E-state index contributed by atoms with van der Waals surface area (Å²) in [6.07, 6.45) is 6.63. The zero-order chi connectivity index (χ0) is 12.3. The Hall–Kier alpha value is -0.340. The van der Waals surface area contributed by atoms with Gasteiger partial charge in [0.05, 0.1) is 0 Å². The van der Waals surface area contributed by atoms with E-state index in [1.165, 1.54) is 32.1 Å². The lowest BCUT2D eigenvalue weighted by Gasteiger charge is -2.35. The topological polar surface area (TPSA) is 12.0 Å². The van der Waals surface area contributed by atoms with E-state index in [1.807, 2.05) is 11.3 Å². The fourth-order valence-electron chi connectivity index (χ4n) is 3.46. The van der Waals surface area contributed by atoms with Gasteiger partial charge in [0.25, 0.3) is 0 Å². The van der Waals surface area contributed by atoms with Crippen LogP contribution in [0.4, 0.5) is 0 Å². The molecule has 1 aromatic heterocycles. The summed E-state index contributed by atoms with van der Waals surface area (Å²) in [6.45, 7) is 4.66. The van der Waals surface area contributed by atoms with E-state index < -0.39 is 0 Å². The molecule has 2 atom stereocenters. The molecule has 2 unspecified atom stereocenters. The molecule has 2 rings (SSSR count). The zero-order valence-electron chi connectivity index (χ0n) is 11.3. The minimum Gasteiger partial charge on any atom is -0.316 e. The van der Waals surface area contributed by atoms with Gasteiger partial charge >= 0.3 is 0 Å². The Kier molecular flexibility index (Phi) is 4.63. The highest BCUT2D eigenvalue weighted by molar-refractivity contribution is 7.10. The summed E-state index contributed by atoms with van der Waals surface area (Å²) in [4.78, 5) is 1.65. The highest BCUT2D eigenvalue weighted by Gasteiger charge is 2.31. The molecule has 1 aliphatic rings. The Morgan fingerprint density at radius 3 is 2.82 bits per heavy atom. The van der Waals surface area contributed by atoms with E-state index >= 15 is 0 Å². The second kappa shape index (κ2) is 6.01. The van der Waals surface area contributed by atoms with Crippen LogP contribution >= 0.6 is 11.3 Å². The third-order valence-electron chi connectivity index (χ3n) is 4.42. The van der Waals surface area contributed by atoms with Crippen molar-refractivity contribution in [3.8, 4) is 0 Å². The minimum absolute atomic E-state index is 0.665. The van der Waals surface area contributed by atoms with Crippen molar-refractivity contribution in [3.63, 3.8) is 0 Å². The number of hydrogen-bond donors (Lipinski definition) is 1. The van der Waals surface area contributed by atoms with Crippen molar-refractivity contribution in [2.45, 2.75) is 57.9 Å². The van der Waals surface area contributed by atoms with Gasteiger partial charge in [-0.25, -0.2) is 0 Å². The van der Waals surface area contributed by atoms with Gasteiger partial charge in [-0.05, 0) is 49.2 Å². The van der Waals surface area contributed by atoms with Crippen LogP contribution in [0, 0.1) is 5.92 Å². The number of fused-ring (bicyclic) bond motifs is 1. The summed E-state index contributed by atoms with van der Waals surface area (Å²) in [5.41, 5.74) is 1.65. The summed E-state index contributed by atoms with van der Waals surface area (Å²) in [6, 6.07) is 3.04. The molecule has 0 saturated heterocycles. The van der Waals surface area contributed by atoms with E-state index in [2.05, 4.69) is 37.7 Å². The van der Waals surface area contributed by atoms with Crippen LogP contribution < -0.4 is 5.32 Å². The first kappa shape index (κ1) is 13.1. The van der Waals surface area contributed by atoms with Crippen LogP contribution in [0.5, 0.6) is 0 Å². The maximum atomic E-state index is 3.61. The first-order valence-electron chi connectivity index (χ1n) is 7.05. The van der Waals surface area contributed by atoms with Crippen molar-refractivity contribution in [2.24, 2.45) is 5.92 Å². The number of rotatable bonds is 5. The maximum Gasteiger partial charge on any atom is 0.0161 e. The van der Waals surface area contributed by atoms with Gasteiger partial charge in [-0.2, -0.15) is 0 Å². The molecule has 0 aromatic carbocycles. The lowest BCUT2D eigenvalue weighted by molar-refractivity contribution is 0.287. The van der Waals surface area contributed by atoms with Gasteiger partial charge in [-0.15, -0.1) is 11.3 Å². The number of likely N-dealkylation sites (N-methyl/N-ethyl adjacent to an activating group) is 1. The zero-order valence-corrected chi connectivity index (χ0v) is 12.1. The van der Waals surface area contributed by atoms with Crippen molar-refractivity contribution in [1.82, 2.24) is 5.32 Å². The highest BCUT2D eigenvalue weighted by Crippen LogP contribution is 2.39. The van der Waals surface area contributed by atoms with E-state index in [0.29, 0.717) is 6.04 Å². The highest BCUT2D eigenvalue weighted by atomic mass is 32.1. The summed E-state index contributed by atoms with van der Waals surface area (Å²) in [7, 11) is 2.14. The summed E-state index contributed by atoms with van der Waals surface area (Å²) < 4.78 is 0. The standard InChI is InChI=1S/C15H25NS/c1-4-11(5-2)15(16-3)13-7-6-8-14-12(13)9-10-17-14/h9-11,13,15-16H,4-8H2,1-3H3. The fraction of sp³-hybridized carbons (Fsp3) is 0.733. The smallest absolute Gasteiger partial charge is 0.0161 e. The Bertz CT molecular complexity index is 340. The van der Waals surface area contributed by atoms with Crippen molar-refractivity contribution in [1.29, 1.82) is 0 Å². The SMILES string of the molecule is CCC(CC)C(NC)C1CCCc2sccc21. The first-order valence-corrected chi connectivity index (χ1v) is 7.93. The van der Waals surface area contributed by atoms with E-state index in [1.54, 1.807) is 10.4 Å². The van der Waals surface area contributed by atoms with Crippen LogP contribution in [0.1, 0.15) is 55.9 Å². The second-order valence-corrected chi connectivity index (χ2v) is 6.19. The van der Waals surface area contributed by atoms with Gasteiger partial charge in [0.15, 0.2) is 0 Å². The van der Waals surface area contributed by atoms with Crippen molar-refractivity contribution < 1.29 is 0 Å². The van der Waals surface area contributed by atoms with Crippen molar-refractivity contribution >= 4 is 11.3 Å². The average Bonchev–Trinajstić information content (AvgIpc) is 2.84. The summed E-state index contributed by atoms with van der Waals surface area (Å²) in [5, 5.41) is 5.89. The van der Waals surface area contributed by atoms with E-state index in [9.17, 15) is 0 Å². The van der Waals surface area contributed by atoms with Crippen LogP contribution in [0.25, 0.3) is 0 Å². The molecule has 1 heterocycles. The maximum absolute atomic E-state index is 3.61. The van der Waals surface area contributed by atoms with Crippen LogP contribution in [-0.2, 0) is 6.42 Å². The van der Waals surface area contributed by atoms with Crippen LogP contribution in [0.15, 0.2) is 11.4 Å². The van der Waals surface area contributed by atoms with E-state index in [4.69, 9.17) is 0 Å². The molecule has 1 aliphatic carbocycles. The van der Waals surface area contributed by atoms with Crippen LogP contribution in [-0.4, -0.2) is 13.1 Å². The average molecular weight is 251 g/mol. The molecular weight excluding hydrogens is 226 g/mol. The van der Waals surface area contributed by atoms with Gasteiger partial charge in [-0.1, -0.05) is 26.7 Å². The molecule has 0 fully saturated rings. The van der Waals surface area contributed by atoms with Crippen molar-refractivity contribution in [3.05, 3.63) is 21.9 Å². The molecule has 0 aliphatic heterocycles. The Morgan fingerprint density at radius 2 is 2.18 bits per heavy atom. The van der Waals surface area contributed by atoms with Crippen molar-refractivity contribution in [2.75, 3.05) is 7.05 Å². The molecule has 17 heavy (non-hydrogen) atoms. The van der Waals surface area contributed by atoms with Gasteiger partial charge in [0.2, 0.25) is 0 Å². The molecule has 2 heteroatoms. The fourth-order valence-corrected chi connectivity index (χ4v) is 4.45. The third-order valence-corrected chi connectivity index (χ3v) is 5.42. The normalized spacial score (nSPS) is 21.5. The second-order valence-electron chi connectivity index (χ2n) is 5.19. The molecule has 0 saturated carbocycles. The molecule has 1 nitrogen and oxygen atoms in total. The molecule has 1 aromatic rings. The lowest BCUT2D eigenvalue weighted by atomic mass is 9.76. The predicted molar refractivity (Wildman–Crippen MR) is 76.9 cm³/mol. The quantitative estimate of drug-likeness (QED) is 0.827. The van der Waals surface area contributed by atoms with Gasteiger partial charge in [0, 0.05) is 16.8 Å². The molecule has 1 N–H and O–H groups in total. The molecule has 0 radical (unpaired) electrons. The van der Waals surface area contributed by atoms with Gasteiger partial charge < -0.3 is 5.32 Å². The number of nitrogens with one attached hydrogen (secondary N) is 1. The van der Waals surface area contributed by atoms with E-state index in [-0.39, 0.29) is 0 Å². The predicted octanol–water partition coefficient (Wildman–Crippen LogP) is 4.19. The van der Waals surface area contributed by atoms with Gasteiger partial charge in [0.1, 0.15) is 0 Å².